The van der Waals surface area contributed by atoms with E-state index in [9.17, 15) is 21.6 Å². The lowest BCUT2D eigenvalue weighted by molar-refractivity contribution is 0.0170. The maximum Gasteiger partial charge on any atom is 0.273 e. The Labute approximate surface area is 113 Å². The van der Waals surface area contributed by atoms with Gasteiger partial charge in [0.05, 0.1) is 23.9 Å². The van der Waals surface area contributed by atoms with Gasteiger partial charge in [0.25, 0.3) is 5.92 Å². The van der Waals surface area contributed by atoms with Crippen molar-refractivity contribution in [3.05, 3.63) is 34.6 Å². The van der Waals surface area contributed by atoms with E-state index in [1.54, 1.807) is 4.72 Å². The molecular weight excluding hydrogens is 305 g/mol. The average molecular weight is 317 g/mol. The van der Waals surface area contributed by atoms with Crippen LogP contribution < -0.4 is 10.5 Å². The minimum absolute atomic E-state index is 0.190. The second-order valence-corrected chi connectivity index (χ2v) is 6.10. The summed E-state index contributed by atoms with van der Waals surface area (Å²) in [5.74, 6) is -4.58. The summed E-state index contributed by atoms with van der Waals surface area (Å²) in [6.45, 7) is -2.04. The maximum absolute atomic E-state index is 12.9. The van der Waals surface area contributed by atoms with Gasteiger partial charge >= 0.3 is 0 Å². The molecule has 0 fully saturated rings. The molecule has 19 heavy (non-hydrogen) atoms. The first kappa shape index (κ1) is 16.2. The summed E-state index contributed by atoms with van der Waals surface area (Å²) in [6.07, 6.45) is 0. The highest BCUT2D eigenvalue weighted by Gasteiger charge is 2.28. The Morgan fingerprint density at radius 2 is 2.00 bits per heavy atom. The van der Waals surface area contributed by atoms with Crippen molar-refractivity contribution in [1.82, 2.24) is 4.72 Å². The summed E-state index contributed by atoms with van der Waals surface area (Å²) in [4.78, 5) is 0. The molecular formula is C10H12ClF3N2O2S. The van der Waals surface area contributed by atoms with Crippen molar-refractivity contribution in [1.29, 1.82) is 0 Å². The van der Waals surface area contributed by atoms with Crippen molar-refractivity contribution in [3.8, 4) is 0 Å². The molecule has 0 aliphatic rings. The summed E-state index contributed by atoms with van der Waals surface area (Å²) in [5, 5.41) is -0.236. The van der Waals surface area contributed by atoms with Crippen LogP contribution in [0.2, 0.25) is 5.02 Å². The van der Waals surface area contributed by atoms with Gasteiger partial charge in [-0.15, -0.1) is 0 Å². The summed E-state index contributed by atoms with van der Waals surface area (Å²) < 4.78 is 63.3. The SMILES string of the molecule is NCC(F)(F)CNS(=O)(=O)Cc1ccc(F)c(Cl)c1. The van der Waals surface area contributed by atoms with Crippen LogP contribution >= 0.6 is 11.6 Å². The number of alkyl halides is 2. The highest BCUT2D eigenvalue weighted by atomic mass is 35.5. The molecule has 0 saturated heterocycles. The van der Waals surface area contributed by atoms with E-state index in [-0.39, 0.29) is 10.6 Å². The second kappa shape index (κ2) is 6.08. The first-order valence-corrected chi connectivity index (χ1v) is 7.17. The minimum Gasteiger partial charge on any atom is -0.325 e. The predicted octanol–water partition coefficient (Wildman–Crippen LogP) is 1.49. The molecule has 0 heterocycles. The van der Waals surface area contributed by atoms with Crippen molar-refractivity contribution in [2.75, 3.05) is 13.1 Å². The van der Waals surface area contributed by atoms with Gasteiger partial charge in [0, 0.05) is 0 Å². The molecule has 1 aromatic rings. The van der Waals surface area contributed by atoms with Crippen molar-refractivity contribution < 1.29 is 21.6 Å². The average Bonchev–Trinajstić information content (AvgIpc) is 2.32. The van der Waals surface area contributed by atoms with E-state index in [0.717, 1.165) is 12.1 Å². The molecule has 0 radical (unpaired) electrons. The number of nitrogens with two attached hydrogens (primary N) is 1. The Morgan fingerprint density at radius 1 is 1.37 bits per heavy atom. The predicted molar refractivity (Wildman–Crippen MR) is 66.0 cm³/mol. The molecule has 0 bridgehead atoms. The largest absolute Gasteiger partial charge is 0.325 e. The van der Waals surface area contributed by atoms with E-state index in [0.29, 0.717) is 0 Å². The summed E-state index contributed by atoms with van der Waals surface area (Å²) in [5.41, 5.74) is 4.97. The van der Waals surface area contributed by atoms with Gasteiger partial charge in [0.1, 0.15) is 5.82 Å². The van der Waals surface area contributed by atoms with Crippen LogP contribution in [0.15, 0.2) is 18.2 Å². The molecule has 4 nitrogen and oxygen atoms in total. The molecule has 0 saturated carbocycles. The Balaban J connectivity index is 2.72. The lowest BCUT2D eigenvalue weighted by Crippen LogP contribution is -2.41. The van der Waals surface area contributed by atoms with E-state index in [1.165, 1.54) is 6.07 Å². The number of benzene rings is 1. The van der Waals surface area contributed by atoms with Crippen LogP contribution in [0.25, 0.3) is 0 Å². The molecule has 0 aliphatic carbocycles. The molecule has 0 amide bonds. The van der Waals surface area contributed by atoms with Crippen molar-refractivity contribution in [3.63, 3.8) is 0 Å². The Bertz CT molecular complexity index is 552. The van der Waals surface area contributed by atoms with E-state index in [2.05, 4.69) is 0 Å². The molecule has 1 rings (SSSR count). The molecule has 0 spiro atoms. The standard InChI is InChI=1S/C10H12ClF3N2O2S/c11-8-3-7(1-2-9(8)12)4-19(17,18)16-6-10(13,14)5-15/h1-3,16H,4-6,15H2. The van der Waals surface area contributed by atoms with E-state index in [1.807, 2.05) is 0 Å². The number of nitrogens with one attached hydrogen (secondary N) is 1. The lowest BCUT2D eigenvalue weighted by atomic mass is 10.2. The maximum atomic E-state index is 12.9. The fourth-order valence-electron chi connectivity index (χ4n) is 1.19. The normalized spacial score (nSPS) is 12.7. The molecule has 0 unspecified atom stereocenters. The molecule has 0 aromatic heterocycles. The topological polar surface area (TPSA) is 72.2 Å². The lowest BCUT2D eigenvalue weighted by Gasteiger charge is -2.14. The number of hydrogen-bond acceptors (Lipinski definition) is 3. The number of hydrogen-bond donors (Lipinski definition) is 2. The minimum atomic E-state index is -3.97. The third kappa shape index (κ3) is 5.35. The van der Waals surface area contributed by atoms with Gasteiger partial charge in [0.15, 0.2) is 0 Å². The van der Waals surface area contributed by atoms with Gasteiger partial charge in [0.2, 0.25) is 10.0 Å². The van der Waals surface area contributed by atoms with Gasteiger partial charge in [-0.05, 0) is 17.7 Å². The first-order valence-electron chi connectivity index (χ1n) is 5.14. The highest BCUT2D eigenvalue weighted by Crippen LogP contribution is 2.17. The van der Waals surface area contributed by atoms with Gasteiger partial charge < -0.3 is 5.73 Å². The van der Waals surface area contributed by atoms with Crippen LogP contribution in [0.3, 0.4) is 0 Å². The van der Waals surface area contributed by atoms with Crippen LogP contribution in [0.5, 0.6) is 0 Å². The number of sulfonamides is 1. The van der Waals surface area contributed by atoms with E-state index < -0.39 is 40.6 Å². The summed E-state index contributed by atoms with van der Waals surface area (Å²) in [6, 6.07) is 3.33. The van der Waals surface area contributed by atoms with Crippen LogP contribution in [-0.4, -0.2) is 27.4 Å². The highest BCUT2D eigenvalue weighted by molar-refractivity contribution is 7.88. The number of rotatable bonds is 6. The van der Waals surface area contributed by atoms with Gasteiger partial charge in [-0.1, -0.05) is 17.7 Å². The fourth-order valence-corrected chi connectivity index (χ4v) is 2.54. The zero-order valence-electron chi connectivity index (χ0n) is 9.67. The van der Waals surface area contributed by atoms with Crippen LogP contribution in [0.1, 0.15) is 5.56 Å². The molecule has 9 heteroatoms. The van der Waals surface area contributed by atoms with Crippen LogP contribution in [0.4, 0.5) is 13.2 Å². The monoisotopic (exact) mass is 316 g/mol. The first-order chi connectivity index (χ1) is 8.65. The molecule has 0 atom stereocenters. The van der Waals surface area contributed by atoms with E-state index >= 15 is 0 Å². The smallest absolute Gasteiger partial charge is 0.273 e. The summed E-state index contributed by atoms with van der Waals surface area (Å²) >= 11 is 5.49. The number of halogens is 4. The molecule has 108 valence electrons. The van der Waals surface area contributed by atoms with Gasteiger partial charge in [-0.2, -0.15) is 0 Å². The van der Waals surface area contributed by atoms with Crippen molar-refractivity contribution in [2.45, 2.75) is 11.7 Å². The second-order valence-electron chi connectivity index (χ2n) is 3.89. The Hall–Kier alpha value is -0.830. The molecule has 1 aromatic carbocycles. The third-order valence-corrected chi connectivity index (χ3v) is 3.78. The van der Waals surface area contributed by atoms with Crippen molar-refractivity contribution in [2.24, 2.45) is 5.73 Å². The van der Waals surface area contributed by atoms with Gasteiger partial charge in [-0.25, -0.2) is 26.3 Å². The Kier molecular flexibility index (Phi) is 5.19. The fraction of sp³-hybridized carbons (Fsp3) is 0.400. The zero-order valence-corrected chi connectivity index (χ0v) is 11.2. The molecule has 0 aliphatic heterocycles. The quantitative estimate of drug-likeness (QED) is 0.835. The molecule has 3 N–H and O–H groups in total. The van der Waals surface area contributed by atoms with Crippen molar-refractivity contribution >= 4 is 21.6 Å². The van der Waals surface area contributed by atoms with Crippen LogP contribution in [-0.2, 0) is 15.8 Å². The summed E-state index contributed by atoms with van der Waals surface area (Å²) in [7, 11) is -3.97. The zero-order chi connectivity index (χ0) is 14.7. The van der Waals surface area contributed by atoms with Crippen LogP contribution in [0, 0.1) is 5.82 Å². The Morgan fingerprint density at radius 3 is 2.53 bits per heavy atom. The van der Waals surface area contributed by atoms with Gasteiger partial charge in [-0.3, -0.25) is 0 Å². The van der Waals surface area contributed by atoms with E-state index in [4.69, 9.17) is 17.3 Å². The third-order valence-electron chi connectivity index (χ3n) is 2.19.